The lowest BCUT2D eigenvalue weighted by Crippen LogP contribution is -2.28. The molecule has 0 bridgehead atoms. The summed E-state index contributed by atoms with van der Waals surface area (Å²) in [7, 11) is 0. The molecule has 14 rings (SSSR count). The van der Waals surface area contributed by atoms with E-state index in [9.17, 15) is 0 Å². The van der Waals surface area contributed by atoms with E-state index in [1.165, 1.54) is 33.6 Å². The van der Waals surface area contributed by atoms with Crippen molar-refractivity contribution < 1.29 is 0 Å². The Hall–Kier alpha value is -9.71. The molecule has 2 unspecified atom stereocenters. The number of benzene rings is 10. The molecule has 0 fully saturated rings. The Morgan fingerprint density at radius 2 is 0.743 bits per heavy atom. The lowest BCUT2D eigenvalue weighted by molar-refractivity contribution is 0.747. The second kappa shape index (κ2) is 18.2. The van der Waals surface area contributed by atoms with Gasteiger partial charge in [0.15, 0.2) is 11.6 Å². The lowest BCUT2D eigenvalue weighted by atomic mass is 9.85. The van der Waals surface area contributed by atoms with E-state index >= 15 is 0 Å². The third-order valence-electron chi connectivity index (χ3n) is 14.8. The maximum atomic E-state index is 5.36. The zero-order valence-electron chi connectivity index (χ0n) is 40.4. The highest BCUT2D eigenvalue weighted by atomic mass is 15.2. The second-order valence-electron chi connectivity index (χ2n) is 19.2. The van der Waals surface area contributed by atoms with Crippen LogP contribution in [0.2, 0.25) is 0 Å². The van der Waals surface area contributed by atoms with Gasteiger partial charge in [-0.15, -0.1) is 0 Å². The van der Waals surface area contributed by atoms with Crippen molar-refractivity contribution in [1.82, 2.24) is 19.5 Å². The number of para-hydroxylation sites is 1. The summed E-state index contributed by atoms with van der Waals surface area (Å²) in [4.78, 5) is 18.4. The van der Waals surface area contributed by atoms with Crippen molar-refractivity contribution in [1.29, 1.82) is 0 Å². The van der Waals surface area contributed by atoms with E-state index in [1.807, 2.05) is 12.1 Å². The predicted octanol–water partition coefficient (Wildman–Crippen LogP) is 17.2. The molecule has 0 saturated heterocycles. The molecule has 348 valence electrons. The lowest BCUT2D eigenvalue weighted by Gasteiger charge is -2.29. The summed E-state index contributed by atoms with van der Waals surface area (Å²) < 4.78 is 2.23. The summed E-state index contributed by atoms with van der Waals surface area (Å²) in [5.41, 5.74) is 19.3. The fraction of sp³-hybridized carbons (Fsp3) is 0.0290. The van der Waals surface area contributed by atoms with Crippen LogP contribution in [0.25, 0.3) is 101 Å². The number of rotatable bonds is 9. The summed E-state index contributed by atoms with van der Waals surface area (Å²) in [6, 6.07) is 91.0. The van der Waals surface area contributed by atoms with E-state index in [2.05, 4.69) is 270 Å². The number of fused-ring (bicyclic) bond motifs is 6. The van der Waals surface area contributed by atoms with E-state index in [1.54, 1.807) is 0 Å². The van der Waals surface area contributed by atoms with Crippen LogP contribution < -0.4 is 4.90 Å². The van der Waals surface area contributed by atoms with Gasteiger partial charge in [-0.3, -0.25) is 4.57 Å². The average Bonchev–Trinajstić information content (AvgIpc) is 3.99. The van der Waals surface area contributed by atoms with Crippen molar-refractivity contribution in [2.75, 3.05) is 4.90 Å². The van der Waals surface area contributed by atoms with Crippen LogP contribution in [0.5, 0.6) is 0 Å². The average molecular weight is 946 g/mol. The number of aromatic nitrogens is 4. The van der Waals surface area contributed by atoms with E-state index in [0.29, 0.717) is 17.6 Å². The van der Waals surface area contributed by atoms with Gasteiger partial charge in [0.1, 0.15) is 0 Å². The molecule has 1 aliphatic carbocycles. The molecule has 0 amide bonds. The van der Waals surface area contributed by atoms with Crippen LogP contribution in [-0.2, 0) is 0 Å². The fourth-order valence-corrected chi connectivity index (χ4v) is 11.1. The molecule has 0 N–H and O–H groups in total. The summed E-state index contributed by atoms with van der Waals surface area (Å²) in [6.45, 7) is 0. The molecule has 5 nitrogen and oxygen atoms in total. The van der Waals surface area contributed by atoms with Crippen LogP contribution in [0.15, 0.2) is 273 Å². The van der Waals surface area contributed by atoms with E-state index in [0.717, 1.165) is 71.9 Å². The van der Waals surface area contributed by atoms with Crippen molar-refractivity contribution >= 4 is 38.8 Å². The van der Waals surface area contributed by atoms with Crippen LogP contribution in [0.1, 0.15) is 17.0 Å². The van der Waals surface area contributed by atoms with E-state index < -0.39 is 0 Å². The minimum Gasteiger partial charge on any atom is -0.333 e. The summed E-state index contributed by atoms with van der Waals surface area (Å²) in [5.74, 6) is 1.91. The Bertz CT molecular complexity index is 3990. The molecule has 0 spiro atoms. The molecule has 3 heterocycles. The zero-order valence-corrected chi connectivity index (χ0v) is 40.4. The van der Waals surface area contributed by atoms with Gasteiger partial charge < -0.3 is 4.90 Å². The van der Waals surface area contributed by atoms with Gasteiger partial charge in [-0.2, -0.15) is 9.97 Å². The quantitative estimate of drug-likeness (QED) is 0.145. The van der Waals surface area contributed by atoms with Gasteiger partial charge in [0.25, 0.3) is 0 Å². The molecule has 2 aliphatic rings. The van der Waals surface area contributed by atoms with Crippen LogP contribution in [0.3, 0.4) is 0 Å². The molecule has 0 saturated carbocycles. The van der Waals surface area contributed by atoms with Crippen molar-refractivity contribution in [3.63, 3.8) is 0 Å². The summed E-state index contributed by atoms with van der Waals surface area (Å²) >= 11 is 0. The normalized spacial score (nSPS) is 14.8. The maximum Gasteiger partial charge on any atom is 0.238 e. The second-order valence-corrected chi connectivity index (χ2v) is 19.2. The molecule has 74 heavy (non-hydrogen) atoms. The largest absolute Gasteiger partial charge is 0.333 e. The van der Waals surface area contributed by atoms with Crippen LogP contribution in [0, 0.1) is 0 Å². The molecule has 2 aromatic heterocycles. The Morgan fingerprint density at radius 1 is 0.338 bits per heavy atom. The third kappa shape index (κ3) is 7.70. The topological polar surface area (TPSA) is 46.8 Å². The molecular weight excluding hydrogens is 899 g/mol. The van der Waals surface area contributed by atoms with Gasteiger partial charge in [0.2, 0.25) is 5.95 Å². The number of hydrogen-bond acceptors (Lipinski definition) is 4. The summed E-state index contributed by atoms with van der Waals surface area (Å²) in [5, 5.41) is 2.25. The van der Waals surface area contributed by atoms with Crippen LogP contribution in [-0.4, -0.2) is 25.6 Å². The van der Waals surface area contributed by atoms with Gasteiger partial charge in [0, 0.05) is 39.2 Å². The first-order valence-electron chi connectivity index (χ1n) is 25.3. The molecular formula is C69H47N5. The number of anilines is 2. The van der Waals surface area contributed by atoms with Crippen molar-refractivity contribution in [2.45, 2.75) is 12.0 Å². The van der Waals surface area contributed by atoms with Gasteiger partial charge in [-0.25, -0.2) is 4.98 Å². The van der Waals surface area contributed by atoms with Gasteiger partial charge in [-0.1, -0.05) is 224 Å². The monoisotopic (exact) mass is 945 g/mol. The van der Waals surface area contributed by atoms with Crippen molar-refractivity contribution in [3.05, 3.63) is 284 Å². The maximum absolute atomic E-state index is 5.36. The van der Waals surface area contributed by atoms with Crippen LogP contribution in [0.4, 0.5) is 11.4 Å². The first-order chi connectivity index (χ1) is 36.7. The third-order valence-corrected chi connectivity index (χ3v) is 14.8. The van der Waals surface area contributed by atoms with Gasteiger partial charge >= 0.3 is 0 Å². The number of nitrogens with zero attached hydrogens (tertiary/aromatic N) is 5. The first-order valence-corrected chi connectivity index (χ1v) is 25.3. The van der Waals surface area contributed by atoms with Crippen molar-refractivity contribution in [2.24, 2.45) is 0 Å². The molecule has 0 radical (unpaired) electrons. The molecule has 5 heteroatoms. The minimum absolute atomic E-state index is 0.137. The molecule has 1 aliphatic heterocycles. The van der Waals surface area contributed by atoms with Gasteiger partial charge in [-0.05, 0) is 110 Å². The Morgan fingerprint density at radius 3 is 1.27 bits per heavy atom. The SMILES string of the molecule is C1=CC2C(C=C1c1ccc3c(c1)c1cc(-c4ccccc4)ccc1n3-c1nc(-c3ccc(-c4ccccc4)cc3)nc(-c3ccc(-c4ccccc4)cc3)n1)c1cc(-c3ccccc3)ccc1N2c1ccccc1. The standard InChI is InChI=1S/C69H47N5/c1-6-16-46(17-7-1)50-26-30-52(31-27-50)67-70-68(53-32-28-51(29-33-53)47-18-8-2-9-19-47)72-69(71-67)74-65-40-35-55(49-22-12-4-13-23-49)43-61(65)62-45-57(37-41-66(62)74)56-36-39-64-60(44-56)59-42-54(48-20-10-3-11-21-48)34-38-63(59)73(64)58-24-14-5-15-25-58/h1-45,60,64H. The van der Waals surface area contributed by atoms with Crippen molar-refractivity contribution in [3.8, 4) is 73.2 Å². The first kappa shape index (κ1) is 43.1. The summed E-state index contributed by atoms with van der Waals surface area (Å²) in [6.07, 6.45) is 7.23. The minimum atomic E-state index is 0.137. The highest BCUT2D eigenvalue weighted by molar-refractivity contribution is 6.11. The predicted molar refractivity (Wildman–Crippen MR) is 305 cm³/mol. The molecule has 10 aromatic carbocycles. The number of hydrogen-bond donors (Lipinski definition) is 0. The van der Waals surface area contributed by atoms with Crippen LogP contribution >= 0.6 is 0 Å². The van der Waals surface area contributed by atoms with Gasteiger partial charge in [0.05, 0.1) is 17.1 Å². The Kier molecular flexibility index (Phi) is 10.6. The zero-order chi connectivity index (χ0) is 49.0. The fourth-order valence-electron chi connectivity index (χ4n) is 11.1. The highest BCUT2D eigenvalue weighted by Crippen LogP contribution is 2.50. The van der Waals surface area contributed by atoms with E-state index in [-0.39, 0.29) is 12.0 Å². The highest BCUT2D eigenvalue weighted by Gasteiger charge is 2.38. The molecule has 12 aromatic rings. The Labute approximate surface area is 430 Å². The Balaban J connectivity index is 0.928. The smallest absolute Gasteiger partial charge is 0.238 e. The number of allylic oxidation sites excluding steroid dienone is 2. The van der Waals surface area contributed by atoms with E-state index in [4.69, 9.17) is 15.0 Å². The molecule has 2 atom stereocenters.